The summed E-state index contributed by atoms with van der Waals surface area (Å²) in [7, 11) is 0. The highest BCUT2D eigenvalue weighted by Crippen LogP contribution is 2.45. The topological polar surface area (TPSA) is 38.1 Å². The molecule has 0 unspecified atom stereocenters. The molecule has 2 aromatic carbocycles. The highest BCUT2D eigenvalue weighted by Gasteiger charge is 2.44. The number of aryl methyl sites for hydroxylation is 1. The van der Waals surface area contributed by atoms with Gasteiger partial charge >= 0.3 is 0 Å². The van der Waals surface area contributed by atoms with Crippen molar-refractivity contribution in [2.75, 3.05) is 4.90 Å². The van der Waals surface area contributed by atoms with Gasteiger partial charge < -0.3 is 4.57 Å². The van der Waals surface area contributed by atoms with Gasteiger partial charge in [-0.15, -0.1) is 0 Å². The van der Waals surface area contributed by atoms with Gasteiger partial charge in [0.2, 0.25) is 0 Å². The maximum Gasteiger partial charge on any atom is 0.279 e. The molecule has 0 bridgehead atoms. The minimum Gasteiger partial charge on any atom is -0.317 e. The third-order valence-corrected chi connectivity index (χ3v) is 6.02. The number of benzene rings is 2. The maximum atomic E-state index is 13.5. The van der Waals surface area contributed by atoms with Crippen LogP contribution in [0.3, 0.4) is 0 Å². The van der Waals surface area contributed by atoms with Crippen LogP contribution in [0.25, 0.3) is 0 Å². The molecule has 2 heterocycles. The van der Waals surface area contributed by atoms with Crippen molar-refractivity contribution in [1.29, 1.82) is 0 Å². The van der Waals surface area contributed by atoms with E-state index in [0.717, 1.165) is 22.5 Å². The van der Waals surface area contributed by atoms with Crippen molar-refractivity contribution in [3.63, 3.8) is 0 Å². The van der Waals surface area contributed by atoms with Crippen LogP contribution in [0, 0.1) is 6.92 Å². The van der Waals surface area contributed by atoms with Crippen LogP contribution in [0.2, 0.25) is 10.0 Å². The number of hydrogen-bond donors (Lipinski definition) is 0. The van der Waals surface area contributed by atoms with E-state index >= 15 is 0 Å². The molecule has 1 aliphatic heterocycles. The second kappa shape index (κ2) is 7.21. The molecule has 28 heavy (non-hydrogen) atoms. The number of halogens is 3. The fraction of sp³-hybridized carbons (Fsp3) is 0.238. The van der Waals surface area contributed by atoms with Gasteiger partial charge in [-0.2, -0.15) is 0 Å². The van der Waals surface area contributed by atoms with E-state index in [1.165, 1.54) is 0 Å². The number of carbonyl (C=O) groups is 1. The molecule has 0 spiro atoms. The first-order valence-electron chi connectivity index (χ1n) is 8.92. The van der Waals surface area contributed by atoms with E-state index in [-0.39, 0.29) is 18.0 Å². The number of anilines is 1. The molecular weight excluding hydrogens is 461 g/mol. The predicted octanol–water partition coefficient (Wildman–Crippen LogP) is 6.59. The third-order valence-electron chi connectivity index (χ3n) is 4.98. The predicted molar refractivity (Wildman–Crippen MR) is 117 cm³/mol. The van der Waals surface area contributed by atoms with E-state index in [0.29, 0.717) is 20.5 Å². The van der Waals surface area contributed by atoms with Gasteiger partial charge in [0, 0.05) is 21.8 Å². The molecule has 0 radical (unpaired) electrons. The fourth-order valence-corrected chi connectivity index (χ4v) is 4.79. The molecule has 3 aromatic rings. The number of hydrogen-bond acceptors (Lipinski definition) is 2. The Morgan fingerprint density at radius 1 is 1.07 bits per heavy atom. The summed E-state index contributed by atoms with van der Waals surface area (Å²) in [6, 6.07) is 13.0. The Kier molecular flexibility index (Phi) is 5.02. The molecule has 7 heteroatoms. The Morgan fingerprint density at radius 2 is 1.71 bits per heavy atom. The first-order chi connectivity index (χ1) is 13.3. The molecular formula is C21H18BrCl2N3O. The molecule has 1 aromatic heterocycles. The van der Waals surface area contributed by atoms with Gasteiger partial charge in [0.15, 0.2) is 10.4 Å². The average molecular weight is 479 g/mol. The summed E-state index contributed by atoms with van der Waals surface area (Å²) in [5.41, 5.74) is 4.04. The third kappa shape index (κ3) is 3.06. The van der Waals surface area contributed by atoms with E-state index in [1.54, 1.807) is 4.90 Å². The van der Waals surface area contributed by atoms with Crippen LogP contribution in [0.5, 0.6) is 0 Å². The van der Waals surface area contributed by atoms with Gasteiger partial charge in [-0.3, -0.25) is 9.69 Å². The normalized spacial score (nSPS) is 16.2. The molecule has 0 saturated heterocycles. The summed E-state index contributed by atoms with van der Waals surface area (Å²) >= 11 is 15.9. The molecule has 4 rings (SSSR count). The summed E-state index contributed by atoms with van der Waals surface area (Å²) in [6.45, 7) is 6.12. The largest absolute Gasteiger partial charge is 0.317 e. The summed E-state index contributed by atoms with van der Waals surface area (Å²) in [4.78, 5) is 19.8. The van der Waals surface area contributed by atoms with Gasteiger partial charge in [0.25, 0.3) is 5.91 Å². The van der Waals surface area contributed by atoms with Gasteiger partial charge in [0.1, 0.15) is 6.04 Å². The Bertz CT molecular complexity index is 1080. The lowest BCUT2D eigenvalue weighted by atomic mass is 10.0. The minimum atomic E-state index is -0.321. The van der Waals surface area contributed by atoms with E-state index in [1.807, 2.05) is 49.4 Å². The molecule has 1 aliphatic rings. The van der Waals surface area contributed by atoms with E-state index < -0.39 is 0 Å². The summed E-state index contributed by atoms with van der Waals surface area (Å²) in [6.07, 6.45) is 0. The van der Waals surface area contributed by atoms with E-state index in [2.05, 4.69) is 39.3 Å². The molecule has 0 fully saturated rings. The number of aromatic nitrogens is 2. The standard InChI is InChI=1S/C21H18BrCl2N3O/c1-11(2)26-19-17(25-21(26)22)20(28)27(16-10-15(24)7-4-12(16)3)18(19)13-5-8-14(23)9-6-13/h4-11,18H,1-3H3/t18-/m1/s1. The van der Waals surface area contributed by atoms with Gasteiger partial charge in [0.05, 0.1) is 5.69 Å². The van der Waals surface area contributed by atoms with Gasteiger partial charge in [-0.05, 0) is 72.1 Å². The first kappa shape index (κ1) is 19.5. The summed E-state index contributed by atoms with van der Waals surface area (Å²) < 4.78 is 2.72. The molecule has 4 nitrogen and oxygen atoms in total. The van der Waals surface area contributed by atoms with Crippen LogP contribution in [-0.2, 0) is 0 Å². The highest BCUT2D eigenvalue weighted by molar-refractivity contribution is 9.10. The smallest absolute Gasteiger partial charge is 0.279 e. The Balaban J connectivity index is 1.99. The van der Waals surface area contributed by atoms with Crippen molar-refractivity contribution in [1.82, 2.24) is 9.55 Å². The lowest BCUT2D eigenvalue weighted by Crippen LogP contribution is -2.30. The average Bonchev–Trinajstić information content (AvgIpc) is 3.11. The second-order valence-corrected chi connectivity index (χ2v) is 8.72. The van der Waals surface area contributed by atoms with Crippen LogP contribution in [0.15, 0.2) is 47.2 Å². The molecule has 1 amide bonds. The molecule has 0 N–H and O–H groups in total. The molecule has 1 atom stereocenters. The second-order valence-electron chi connectivity index (χ2n) is 7.14. The van der Waals surface area contributed by atoms with Crippen LogP contribution in [0.1, 0.15) is 53.2 Å². The lowest BCUT2D eigenvalue weighted by molar-refractivity contribution is 0.0989. The zero-order valence-electron chi connectivity index (χ0n) is 15.6. The number of carbonyl (C=O) groups excluding carboxylic acids is 1. The van der Waals surface area contributed by atoms with Gasteiger partial charge in [-0.25, -0.2) is 4.98 Å². The summed E-state index contributed by atoms with van der Waals surface area (Å²) in [5, 5.41) is 1.23. The number of nitrogens with zero attached hydrogens (tertiary/aromatic N) is 3. The maximum absolute atomic E-state index is 13.5. The molecule has 0 aliphatic carbocycles. The van der Waals surface area contributed by atoms with Crippen molar-refractivity contribution in [3.8, 4) is 0 Å². The van der Waals surface area contributed by atoms with Crippen molar-refractivity contribution in [2.24, 2.45) is 0 Å². The SMILES string of the molecule is Cc1ccc(Cl)cc1N1C(=O)c2nc(Br)n(C(C)C)c2[C@H]1c1ccc(Cl)cc1. The minimum absolute atomic E-state index is 0.133. The highest BCUT2D eigenvalue weighted by atomic mass is 79.9. The van der Waals surface area contributed by atoms with Crippen molar-refractivity contribution >= 4 is 50.7 Å². The summed E-state index contributed by atoms with van der Waals surface area (Å²) in [5.74, 6) is -0.139. The van der Waals surface area contributed by atoms with Crippen molar-refractivity contribution in [2.45, 2.75) is 32.9 Å². The zero-order chi connectivity index (χ0) is 20.2. The fourth-order valence-electron chi connectivity index (χ4n) is 3.72. The van der Waals surface area contributed by atoms with Crippen LogP contribution >= 0.6 is 39.1 Å². The first-order valence-corrected chi connectivity index (χ1v) is 10.5. The number of fused-ring (bicyclic) bond motifs is 1. The number of imidazole rings is 1. The van der Waals surface area contributed by atoms with Crippen LogP contribution < -0.4 is 4.90 Å². The van der Waals surface area contributed by atoms with E-state index in [4.69, 9.17) is 23.2 Å². The Labute approximate surface area is 182 Å². The van der Waals surface area contributed by atoms with Crippen molar-refractivity contribution < 1.29 is 4.79 Å². The molecule has 0 saturated carbocycles. The number of rotatable bonds is 3. The number of amides is 1. The van der Waals surface area contributed by atoms with E-state index in [9.17, 15) is 4.79 Å². The van der Waals surface area contributed by atoms with Crippen molar-refractivity contribution in [3.05, 3.63) is 79.8 Å². The Morgan fingerprint density at radius 3 is 2.36 bits per heavy atom. The Hall–Kier alpha value is -1.82. The lowest BCUT2D eigenvalue weighted by Gasteiger charge is -2.29. The molecule has 144 valence electrons. The zero-order valence-corrected chi connectivity index (χ0v) is 18.7. The van der Waals surface area contributed by atoms with Crippen LogP contribution in [0.4, 0.5) is 5.69 Å². The van der Waals surface area contributed by atoms with Crippen LogP contribution in [-0.4, -0.2) is 15.5 Å². The monoisotopic (exact) mass is 477 g/mol. The van der Waals surface area contributed by atoms with Gasteiger partial charge in [-0.1, -0.05) is 41.4 Å². The quantitative estimate of drug-likeness (QED) is 0.425.